The number of phenolic OH excluding ortho intramolecular Hbond substituents is 1. The van der Waals surface area contributed by atoms with Gasteiger partial charge in [0.2, 0.25) is 0 Å². The summed E-state index contributed by atoms with van der Waals surface area (Å²) in [7, 11) is 2.20. The lowest BCUT2D eigenvalue weighted by Gasteiger charge is -2.29. The second-order valence-corrected chi connectivity index (χ2v) is 5.86. The topological polar surface area (TPSA) is 35.9 Å². The number of fused-ring (bicyclic) bond motifs is 3. The highest BCUT2D eigenvalue weighted by molar-refractivity contribution is 5.27. The molecule has 4 nitrogen and oxygen atoms in total. The van der Waals surface area contributed by atoms with E-state index in [1.165, 1.54) is 5.56 Å². The number of nitrogens with zero attached hydrogens (tertiary/aromatic N) is 2. The molecule has 2 aliphatic heterocycles. The maximum atomic E-state index is 9.55. The number of benzene rings is 1. The SMILES string of the molecule is CN1C[C@H]2COC[C@@H]1CN(Cc1cccc(O)c1)C2. The monoisotopic (exact) mass is 262 g/mol. The van der Waals surface area contributed by atoms with Crippen LogP contribution in [0.25, 0.3) is 0 Å². The van der Waals surface area contributed by atoms with Gasteiger partial charge < -0.3 is 9.84 Å². The van der Waals surface area contributed by atoms with E-state index in [1.807, 2.05) is 12.1 Å². The fourth-order valence-electron chi connectivity index (χ4n) is 3.19. The second kappa shape index (κ2) is 5.49. The number of aromatic hydroxyl groups is 1. The van der Waals surface area contributed by atoms with Crippen molar-refractivity contribution in [2.45, 2.75) is 12.6 Å². The van der Waals surface area contributed by atoms with Crippen molar-refractivity contribution in [3.05, 3.63) is 29.8 Å². The number of hydrogen-bond donors (Lipinski definition) is 1. The Bertz CT molecular complexity index is 438. The van der Waals surface area contributed by atoms with Crippen LogP contribution in [-0.4, -0.2) is 60.8 Å². The molecule has 2 atom stereocenters. The molecule has 1 N–H and O–H groups in total. The number of hydrogen-bond acceptors (Lipinski definition) is 4. The Morgan fingerprint density at radius 1 is 1.26 bits per heavy atom. The van der Waals surface area contributed by atoms with Crippen LogP contribution < -0.4 is 0 Å². The number of likely N-dealkylation sites (N-methyl/N-ethyl adjacent to an activating group) is 1. The molecule has 1 aromatic carbocycles. The minimum Gasteiger partial charge on any atom is -0.508 e. The summed E-state index contributed by atoms with van der Waals surface area (Å²) in [6, 6.07) is 8.08. The van der Waals surface area contributed by atoms with E-state index in [4.69, 9.17) is 4.74 Å². The molecule has 2 bridgehead atoms. The quantitative estimate of drug-likeness (QED) is 0.867. The molecule has 0 unspecified atom stereocenters. The third kappa shape index (κ3) is 3.08. The van der Waals surface area contributed by atoms with Crippen molar-refractivity contribution in [2.75, 3.05) is 39.9 Å². The predicted molar refractivity (Wildman–Crippen MR) is 74.1 cm³/mol. The van der Waals surface area contributed by atoms with Gasteiger partial charge in [0.15, 0.2) is 0 Å². The molecule has 2 saturated heterocycles. The maximum absolute atomic E-state index is 9.55. The Morgan fingerprint density at radius 3 is 3.00 bits per heavy atom. The van der Waals surface area contributed by atoms with E-state index >= 15 is 0 Å². The van der Waals surface area contributed by atoms with Crippen LogP contribution in [0.5, 0.6) is 5.75 Å². The van der Waals surface area contributed by atoms with Crippen molar-refractivity contribution < 1.29 is 9.84 Å². The van der Waals surface area contributed by atoms with Gasteiger partial charge in [-0.3, -0.25) is 9.80 Å². The highest BCUT2D eigenvalue weighted by atomic mass is 16.5. The van der Waals surface area contributed by atoms with E-state index in [-0.39, 0.29) is 0 Å². The Kier molecular flexibility index (Phi) is 3.73. The van der Waals surface area contributed by atoms with Crippen LogP contribution in [0.1, 0.15) is 5.56 Å². The fraction of sp³-hybridized carbons (Fsp3) is 0.600. The van der Waals surface area contributed by atoms with Crippen LogP contribution >= 0.6 is 0 Å². The van der Waals surface area contributed by atoms with Gasteiger partial charge in [0.25, 0.3) is 0 Å². The van der Waals surface area contributed by atoms with E-state index in [9.17, 15) is 5.11 Å². The lowest BCUT2D eigenvalue weighted by atomic mass is 10.1. The Balaban J connectivity index is 1.71. The summed E-state index contributed by atoms with van der Waals surface area (Å²) >= 11 is 0. The van der Waals surface area contributed by atoms with Crippen LogP contribution in [0.4, 0.5) is 0 Å². The summed E-state index contributed by atoms with van der Waals surface area (Å²) in [6.07, 6.45) is 0. The number of rotatable bonds is 2. The molecule has 2 fully saturated rings. The average Bonchev–Trinajstić information content (AvgIpc) is 2.58. The Labute approximate surface area is 114 Å². The van der Waals surface area contributed by atoms with Gasteiger partial charge in [-0.15, -0.1) is 0 Å². The second-order valence-electron chi connectivity index (χ2n) is 5.86. The molecular weight excluding hydrogens is 240 g/mol. The first-order chi connectivity index (χ1) is 9.20. The summed E-state index contributed by atoms with van der Waals surface area (Å²) in [5.41, 5.74) is 1.18. The highest BCUT2D eigenvalue weighted by Crippen LogP contribution is 2.20. The highest BCUT2D eigenvalue weighted by Gasteiger charge is 2.31. The van der Waals surface area contributed by atoms with Crippen molar-refractivity contribution in [2.24, 2.45) is 5.92 Å². The zero-order valence-corrected chi connectivity index (χ0v) is 11.5. The molecule has 2 aliphatic rings. The van der Waals surface area contributed by atoms with Crippen molar-refractivity contribution >= 4 is 0 Å². The fourth-order valence-corrected chi connectivity index (χ4v) is 3.19. The first kappa shape index (κ1) is 12.9. The van der Waals surface area contributed by atoms with Crippen LogP contribution in [0.3, 0.4) is 0 Å². The zero-order valence-electron chi connectivity index (χ0n) is 11.5. The first-order valence-electron chi connectivity index (χ1n) is 6.99. The number of ether oxygens (including phenoxy) is 1. The van der Waals surface area contributed by atoms with Gasteiger partial charge in [-0.1, -0.05) is 12.1 Å². The van der Waals surface area contributed by atoms with Gasteiger partial charge in [-0.05, 0) is 24.7 Å². The predicted octanol–water partition coefficient (Wildman–Crippen LogP) is 1.15. The van der Waals surface area contributed by atoms with Gasteiger partial charge in [0.05, 0.1) is 13.2 Å². The van der Waals surface area contributed by atoms with Gasteiger partial charge in [-0.2, -0.15) is 0 Å². The molecule has 4 heteroatoms. The van der Waals surface area contributed by atoms with Gasteiger partial charge in [-0.25, -0.2) is 0 Å². The summed E-state index contributed by atoms with van der Waals surface area (Å²) in [4.78, 5) is 4.93. The van der Waals surface area contributed by atoms with Crippen molar-refractivity contribution in [1.82, 2.24) is 9.80 Å². The lowest BCUT2D eigenvalue weighted by Crippen LogP contribution is -2.41. The minimum absolute atomic E-state index is 0.355. The normalized spacial score (nSPS) is 29.1. The van der Waals surface area contributed by atoms with E-state index in [0.29, 0.717) is 17.7 Å². The largest absolute Gasteiger partial charge is 0.508 e. The van der Waals surface area contributed by atoms with Crippen molar-refractivity contribution in [3.8, 4) is 5.75 Å². The van der Waals surface area contributed by atoms with Gasteiger partial charge >= 0.3 is 0 Å². The molecule has 0 aliphatic carbocycles. The van der Waals surface area contributed by atoms with Crippen LogP contribution in [0.2, 0.25) is 0 Å². The van der Waals surface area contributed by atoms with E-state index in [2.05, 4.69) is 22.9 Å². The first-order valence-corrected chi connectivity index (χ1v) is 6.99. The molecule has 104 valence electrons. The van der Waals surface area contributed by atoms with E-state index in [1.54, 1.807) is 6.07 Å². The molecule has 3 rings (SSSR count). The summed E-state index contributed by atoms with van der Waals surface area (Å²) in [5, 5.41) is 9.55. The zero-order chi connectivity index (χ0) is 13.2. The third-order valence-electron chi connectivity index (χ3n) is 4.14. The standard InChI is InChI=1S/C15H22N2O2/c1-16-6-13-8-17(9-14(16)11-19-10-13)7-12-3-2-4-15(18)5-12/h2-5,13-14,18H,6-11H2,1H3/t13-,14+/m1/s1. The average molecular weight is 262 g/mol. The Morgan fingerprint density at radius 2 is 2.16 bits per heavy atom. The molecule has 0 saturated carbocycles. The van der Waals surface area contributed by atoms with Crippen LogP contribution in [-0.2, 0) is 11.3 Å². The van der Waals surface area contributed by atoms with E-state index < -0.39 is 0 Å². The number of phenols is 1. The van der Waals surface area contributed by atoms with E-state index in [0.717, 1.165) is 39.4 Å². The van der Waals surface area contributed by atoms with Gasteiger partial charge in [0, 0.05) is 38.1 Å². The maximum Gasteiger partial charge on any atom is 0.115 e. The molecule has 0 aromatic heterocycles. The summed E-state index contributed by atoms with van der Waals surface area (Å²) in [6.45, 7) is 5.87. The Hall–Kier alpha value is -1.10. The van der Waals surface area contributed by atoms with Crippen molar-refractivity contribution in [1.29, 1.82) is 0 Å². The molecule has 0 spiro atoms. The summed E-state index contributed by atoms with van der Waals surface area (Å²) < 4.78 is 5.74. The molecule has 0 radical (unpaired) electrons. The molecule has 19 heavy (non-hydrogen) atoms. The molecule has 2 heterocycles. The smallest absolute Gasteiger partial charge is 0.115 e. The van der Waals surface area contributed by atoms with Crippen LogP contribution in [0.15, 0.2) is 24.3 Å². The molecule has 1 aromatic rings. The van der Waals surface area contributed by atoms with Crippen molar-refractivity contribution in [3.63, 3.8) is 0 Å². The third-order valence-corrected chi connectivity index (χ3v) is 4.14. The van der Waals surface area contributed by atoms with Gasteiger partial charge in [0.1, 0.15) is 5.75 Å². The van der Waals surface area contributed by atoms with Crippen LogP contribution in [0, 0.1) is 5.92 Å². The molecule has 0 amide bonds. The molecular formula is C15H22N2O2. The lowest BCUT2D eigenvalue weighted by molar-refractivity contribution is 0.0516. The summed E-state index contributed by atoms with van der Waals surface area (Å²) in [5.74, 6) is 0.947. The minimum atomic E-state index is 0.355.